The predicted octanol–water partition coefficient (Wildman–Crippen LogP) is 3.93. The average molecular weight is 522 g/mol. The lowest BCUT2D eigenvalue weighted by atomic mass is 10.0. The predicted molar refractivity (Wildman–Crippen MR) is 148 cm³/mol. The standard InChI is InChI=1S/C29H35N3O4S/c1-22(2)30-29(34)27(19-24-14-7-5-8-15-24)31(20-25-16-12-11-13-23(25)3)28(33)21-32(37(4,35)36)26-17-9-6-10-18-26/h5-18,22,27H,19-21H2,1-4H3,(H,30,34)/t27-/m1/s1. The molecule has 0 saturated carbocycles. The molecular formula is C29H35N3O4S. The number of amides is 2. The molecule has 0 unspecified atom stereocenters. The van der Waals surface area contributed by atoms with Crippen LogP contribution in [-0.4, -0.2) is 50.0 Å². The number of para-hydroxylation sites is 1. The fraction of sp³-hybridized carbons (Fsp3) is 0.310. The number of aryl methyl sites for hydroxylation is 1. The Labute approximate surface area is 220 Å². The van der Waals surface area contributed by atoms with Crippen molar-refractivity contribution in [2.75, 3.05) is 17.1 Å². The van der Waals surface area contributed by atoms with Crippen molar-refractivity contribution in [1.29, 1.82) is 0 Å². The second-order valence-electron chi connectivity index (χ2n) is 9.42. The molecule has 0 bridgehead atoms. The van der Waals surface area contributed by atoms with E-state index in [1.165, 1.54) is 4.90 Å². The van der Waals surface area contributed by atoms with Gasteiger partial charge < -0.3 is 10.2 Å². The lowest BCUT2D eigenvalue weighted by Crippen LogP contribution is -2.54. The molecule has 37 heavy (non-hydrogen) atoms. The van der Waals surface area contributed by atoms with Crippen LogP contribution >= 0.6 is 0 Å². The van der Waals surface area contributed by atoms with Gasteiger partial charge in [0, 0.05) is 19.0 Å². The molecular weight excluding hydrogens is 486 g/mol. The van der Waals surface area contributed by atoms with Crippen molar-refractivity contribution >= 4 is 27.5 Å². The molecule has 0 fully saturated rings. The summed E-state index contributed by atoms with van der Waals surface area (Å²) in [6.45, 7) is 5.43. The van der Waals surface area contributed by atoms with Crippen molar-refractivity contribution < 1.29 is 18.0 Å². The van der Waals surface area contributed by atoms with Crippen LogP contribution in [0.25, 0.3) is 0 Å². The Hall–Kier alpha value is -3.65. The van der Waals surface area contributed by atoms with E-state index in [0.29, 0.717) is 12.1 Å². The van der Waals surface area contributed by atoms with E-state index in [2.05, 4.69) is 5.32 Å². The van der Waals surface area contributed by atoms with Crippen LogP contribution < -0.4 is 9.62 Å². The smallest absolute Gasteiger partial charge is 0.244 e. The SMILES string of the molecule is Cc1ccccc1CN(C(=O)CN(c1ccccc1)S(C)(=O)=O)[C@H](Cc1ccccc1)C(=O)NC(C)C. The number of benzene rings is 3. The number of nitrogens with zero attached hydrogens (tertiary/aromatic N) is 2. The Balaban J connectivity index is 2.05. The highest BCUT2D eigenvalue weighted by molar-refractivity contribution is 7.92. The first-order valence-corrected chi connectivity index (χ1v) is 14.1. The number of hydrogen-bond acceptors (Lipinski definition) is 4. The Morgan fingerprint density at radius 3 is 2.00 bits per heavy atom. The minimum absolute atomic E-state index is 0.127. The van der Waals surface area contributed by atoms with E-state index < -0.39 is 28.5 Å². The molecule has 1 atom stereocenters. The first-order valence-electron chi connectivity index (χ1n) is 12.3. The molecule has 1 N–H and O–H groups in total. The van der Waals surface area contributed by atoms with E-state index in [1.54, 1.807) is 30.3 Å². The summed E-state index contributed by atoms with van der Waals surface area (Å²) in [4.78, 5) is 29.0. The lowest BCUT2D eigenvalue weighted by Gasteiger charge is -2.34. The Morgan fingerprint density at radius 2 is 1.43 bits per heavy atom. The Bertz CT molecular complexity index is 1290. The van der Waals surface area contributed by atoms with Crippen LogP contribution in [0.2, 0.25) is 0 Å². The molecule has 3 aromatic rings. The van der Waals surface area contributed by atoms with Crippen molar-refractivity contribution in [3.8, 4) is 0 Å². The molecule has 2 amide bonds. The minimum Gasteiger partial charge on any atom is -0.352 e. The number of anilines is 1. The van der Waals surface area contributed by atoms with Gasteiger partial charge in [0.2, 0.25) is 21.8 Å². The summed E-state index contributed by atoms with van der Waals surface area (Å²) in [5, 5.41) is 2.95. The maximum absolute atomic E-state index is 14.0. The monoisotopic (exact) mass is 521 g/mol. The summed E-state index contributed by atoms with van der Waals surface area (Å²) in [5.41, 5.74) is 3.15. The van der Waals surface area contributed by atoms with Crippen molar-refractivity contribution in [1.82, 2.24) is 10.2 Å². The van der Waals surface area contributed by atoms with Crippen LogP contribution in [0.5, 0.6) is 0 Å². The van der Waals surface area contributed by atoms with Gasteiger partial charge in [0.1, 0.15) is 12.6 Å². The third-order valence-electron chi connectivity index (χ3n) is 6.03. The van der Waals surface area contributed by atoms with Crippen LogP contribution in [0.15, 0.2) is 84.9 Å². The van der Waals surface area contributed by atoms with Crippen LogP contribution in [0.3, 0.4) is 0 Å². The molecule has 0 aliphatic carbocycles. The van der Waals surface area contributed by atoms with Crippen LogP contribution in [0.4, 0.5) is 5.69 Å². The van der Waals surface area contributed by atoms with Crippen LogP contribution in [0.1, 0.15) is 30.5 Å². The van der Waals surface area contributed by atoms with E-state index in [9.17, 15) is 18.0 Å². The second-order valence-corrected chi connectivity index (χ2v) is 11.3. The second kappa shape index (κ2) is 12.5. The van der Waals surface area contributed by atoms with E-state index in [1.807, 2.05) is 75.4 Å². The van der Waals surface area contributed by atoms with Gasteiger partial charge in [0.25, 0.3) is 0 Å². The first-order chi connectivity index (χ1) is 17.6. The van der Waals surface area contributed by atoms with Crippen LogP contribution in [0, 0.1) is 6.92 Å². The van der Waals surface area contributed by atoms with Crippen molar-refractivity contribution in [3.05, 3.63) is 102 Å². The highest BCUT2D eigenvalue weighted by Crippen LogP contribution is 2.21. The molecule has 0 aliphatic heterocycles. The first kappa shape index (κ1) is 27.9. The van der Waals surface area contributed by atoms with Gasteiger partial charge in [-0.1, -0.05) is 72.8 Å². The largest absolute Gasteiger partial charge is 0.352 e. The normalized spacial score (nSPS) is 12.1. The molecule has 8 heteroatoms. The summed E-state index contributed by atoms with van der Waals surface area (Å²) in [5.74, 6) is -0.747. The van der Waals surface area contributed by atoms with Gasteiger partial charge in [-0.15, -0.1) is 0 Å². The van der Waals surface area contributed by atoms with Gasteiger partial charge >= 0.3 is 0 Å². The number of sulfonamides is 1. The van der Waals surface area contributed by atoms with Gasteiger partial charge in [-0.25, -0.2) is 8.42 Å². The number of rotatable bonds is 11. The number of carbonyl (C=O) groups is 2. The minimum atomic E-state index is -3.77. The third kappa shape index (κ3) is 7.92. The quantitative estimate of drug-likeness (QED) is 0.414. The maximum Gasteiger partial charge on any atom is 0.244 e. The highest BCUT2D eigenvalue weighted by Gasteiger charge is 2.33. The number of hydrogen-bond donors (Lipinski definition) is 1. The summed E-state index contributed by atoms with van der Waals surface area (Å²) < 4.78 is 26.5. The van der Waals surface area contributed by atoms with Crippen molar-refractivity contribution in [3.63, 3.8) is 0 Å². The third-order valence-corrected chi connectivity index (χ3v) is 7.17. The fourth-order valence-electron chi connectivity index (χ4n) is 4.11. The molecule has 0 heterocycles. The van der Waals surface area contributed by atoms with Gasteiger partial charge in [-0.2, -0.15) is 0 Å². The van der Waals surface area contributed by atoms with E-state index in [4.69, 9.17) is 0 Å². The van der Waals surface area contributed by atoms with Gasteiger partial charge in [0.15, 0.2) is 0 Å². The van der Waals surface area contributed by atoms with E-state index >= 15 is 0 Å². The van der Waals surface area contributed by atoms with E-state index in [0.717, 1.165) is 27.3 Å². The molecule has 3 aromatic carbocycles. The number of carbonyl (C=O) groups excluding carboxylic acids is 2. The number of nitrogens with one attached hydrogen (secondary N) is 1. The topological polar surface area (TPSA) is 86.8 Å². The Kier molecular flexibility index (Phi) is 9.47. The van der Waals surface area contributed by atoms with Gasteiger partial charge in [-0.3, -0.25) is 13.9 Å². The highest BCUT2D eigenvalue weighted by atomic mass is 32.2. The summed E-state index contributed by atoms with van der Waals surface area (Å²) in [6.07, 6.45) is 1.37. The fourth-order valence-corrected chi connectivity index (χ4v) is 4.96. The maximum atomic E-state index is 14.0. The van der Waals surface area contributed by atoms with Crippen molar-refractivity contribution in [2.45, 2.75) is 45.8 Å². The zero-order valence-corrected chi connectivity index (χ0v) is 22.6. The van der Waals surface area contributed by atoms with E-state index in [-0.39, 0.29) is 18.5 Å². The molecule has 3 rings (SSSR count). The molecule has 0 spiro atoms. The van der Waals surface area contributed by atoms with Crippen molar-refractivity contribution in [2.24, 2.45) is 0 Å². The summed E-state index contributed by atoms with van der Waals surface area (Å²) >= 11 is 0. The zero-order chi connectivity index (χ0) is 27.0. The molecule has 196 valence electrons. The molecule has 0 saturated heterocycles. The molecule has 0 radical (unpaired) electrons. The molecule has 0 aliphatic rings. The zero-order valence-electron chi connectivity index (χ0n) is 21.8. The van der Waals surface area contributed by atoms with Gasteiger partial charge in [-0.05, 0) is 49.6 Å². The molecule has 7 nitrogen and oxygen atoms in total. The van der Waals surface area contributed by atoms with Gasteiger partial charge in [0.05, 0.1) is 11.9 Å². The Morgan fingerprint density at radius 1 is 0.865 bits per heavy atom. The summed E-state index contributed by atoms with van der Waals surface area (Å²) in [7, 11) is -3.77. The van der Waals surface area contributed by atoms with Crippen LogP contribution in [-0.2, 0) is 32.6 Å². The summed E-state index contributed by atoms with van der Waals surface area (Å²) in [6, 6.07) is 24.7. The average Bonchev–Trinajstić information content (AvgIpc) is 2.85. The molecule has 0 aromatic heterocycles. The lowest BCUT2D eigenvalue weighted by molar-refractivity contribution is -0.140.